The number of ketones is 1. The molecule has 0 bridgehead atoms. The summed E-state index contributed by atoms with van der Waals surface area (Å²) in [6, 6.07) is 12.3. The van der Waals surface area contributed by atoms with E-state index >= 15 is 0 Å². The molecule has 0 saturated carbocycles. The fourth-order valence-electron chi connectivity index (χ4n) is 2.75. The van der Waals surface area contributed by atoms with Crippen molar-refractivity contribution in [2.45, 2.75) is 33.4 Å². The monoisotopic (exact) mass is 384 g/mol. The normalized spacial score (nSPS) is 11.8. The number of methoxy groups -OCH3 is 1. The first-order valence-corrected chi connectivity index (χ1v) is 9.27. The molecule has 1 atom stereocenters. The molecule has 0 aromatic heterocycles. The summed E-state index contributed by atoms with van der Waals surface area (Å²) in [5, 5.41) is 2.89. The molecule has 2 aromatic rings. The molecule has 1 N–H and O–H groups in total. The van der Waals surface area contributed by atoms with Gasteiger partial charge in [0.25, 0.3) is 0 Å². The van der Waals surface area contributed by atoms with Crippen molar-refractivity contribution in [3.8, 4) is 11.5 Å². The van der Waals surface area contributed by atoms with Crippen LogP contribution in [0.3, 0.4) is 0 Å². The van der Waals surface area contributed by atoms with Gasteiger partial charge < -0.3 is 14.8 Å². The number of carbonyl (C=O) groups excluding carboxylic acids is 2. The van der Waals surface area contributed by atoms with Crippen LogP contribution in [0.5, 0.6) is 11.5 Å². The van der Waals surface area contributed by atoms with E-state index < -0.39 is 0 Å². The second-order valence-electron chi connectivity index (χ2n) is 6.63. The van der Waals surface area contributed by atoms with Crippen LogP contribution in [-0.4, -0.2) is 43.4 Å². The van der Waals surface area contributed by atoms with E-state index in [1.54, 1.807) is 31.4 Å². The number of anilines is 1. The van der Waals surface area contributed by atoms with Crippen molar-refractivity contribution in [2.24, 2.45) is 0 Å². The number of nitrogens with zero attached hydrogens (tertiary/aromatic N) is 1. The van der Waals surface area contributed by atoms with Gasteiger partial charge in [0.15, 0.2) is 17.3 Å². The summed E-state index contributed by atoms with van der Waals surface area (Å²) >= 11 is 0. The highest BCUT2D eigenvalue weighted by atomic mass is 16.5. The average molecular weight is 384 g/mol. The number of hydrogen-bond acceptors (Lipinski definition) is 5. The lowest BCUT2D eigenvalue weighted by Gasteiger charge is -2.24. The summed E-state index contributed by atoms with van der Waals surface area (Å²) in [7, 11) is 3.50. The van der Waals surface area contributed by atoms with Crippen LogP contribution >= 0.6 is 0 Å². The molecule has 0 aliphatic carbocycles. The van der Waals surface area contributed by atoms with E-state index in [1.165, 1.54) is 6.92 Å². The Morgan fingerprint density at radius 3 is 2.36 bits per heavy atom. The zero-order valence-corrected chi connectivity index (χ0v) is 17.1. The molecule has 2 rings (SSSR count). The first-order valence-electron chi connectivity index (χ1n) is 9.27. The van der Waals surface area contributed by atoms with Gasteiger partial charge in [0, 0.05) is 17.8 Å². The number of rotatable bonds is 9. The smallest absolute Gasteiger partial charge is 0.241 e. The maximum Gasteiger partial charge on any atom is 0.241 e. The Bertz CT molecular complexity index is 818. The molecule has 6 heteroatoms. The van der Waals surface area contributed by atoms with Gasteiger partial charge in [0.1, 0.15) is 0 Å². The molecule has 0 saturated heterocycles. The Balaban J connectivity index is 2.00. The second-order valence-corrected chi connectivity index (χ2v) is 6.63. The third kappa shape index (κ3) is 5.57. The van der Waals surface area contributed by atoms with Crippen LogP contribution in [0, 0.1) is 0 Å². The van der Waals surface area contributed by atoms with E-state index in [2.05, 4.69) is 5.32 Å². The van der Waals surface area contributed by atoms with E-state index in [1.807, 2.05) is 44.0 Å². The highest BCUT2D eigenvalue weighted by Crippen LogP contribution is 2.28. The van der Waals surface area contributed by atoms with Crippen LogP contribution < -0.4 is 14.8 Å². The molecule has 1 amide bonds. The van der Waals surface area contributed by atoms with Crippen molar-refractivity contribution in [2.75, 3.05) is 26.1 Å². The molecule has 28 heavy (non-hydrogen) atoms. The van der Waals surface area contributed by atoms with E-state index in [-0.39, 0.29) is 17.7 Å². The standard InChI is InChI=1S/C22H28N2O4/c1-6-28-20-12-7-17(13-21(20)27-5)14-24(4)15(2)22(26)23-19-10-8-18(9-11-19)16(3)25/h7-13,15H,6,14H2,1-5H3,(H,23,26)/t15-/m1/s1. The highest BCUT2D eigenvalue weighted by molar-refractivity contribution is 5.96. The lowest BCUT2D eigenvalue weighted by molar-refractivity contribution is -0.120. The molecular weight excluding hydrogens is 356 g/mol. The highest BCUT2D eigenvalue weighted by Gasteiger charge is 2.19. The summed E-state index contributed by atoms with van der Waals surface area (Å²) in [5.74, 6) is 1.26. The molecule has 0 unspecified atom stereocenters. The van der Waals surface area contributed by atoms with Gasteiger partial charge in [0.2, 0.25) is 5.91 Å². The lowest BCUT2D eigenvalue weighted by atomic mass is 10.1. The summed E-state index contributed by atoms with van der Waals surface area (Å²) in [4.78, 5) is 25.9. The van der Waals surface area contributed by atoms with E-state index in [0.29, 0.717) is 35.9 Å². The van der Waals surface area contributed by atoms with Gasteiger partial charge in [-0.2, -0.15) is 0 Å². The second kappa shape index (κ2) is 9.90. The minimum Gasteiger partial charge on any atom is -0.493 e. The van der Waals surface area contributed by atoms with Crippen LogP contribution in [0.25, 0.3) is 0 Å². The summed E-state index contributed by atoms with van der Waals surface area (Å²) in [6.07, 6.45) is 0. The van der Waals surface area contributed by atoms with Gasteiger partial charge in [-0.1, -0.05) is 6.07 Å². The van der Waals surface area contributed by atoms with Crippen LogP contribution in [0.2, 0.25) is 0 Å². The molecule has 6 nitrogen and oxygen atoms in total. The predicted octanol–water partition coefficient (Wildman–Crippen LogP) is 3.76. The molecule has 150 valence electrons. The lowest BCUT2D eigenvalue weighted by Crippen LogP contribution is -2.39. The molecule has 0 aliphatic rings. The number of benzene rings is 2. The van der Waals surface area contributed by atoms with Crippen molar-refractivity contribution < 1.29 is 19.1 Å². The van der Waals surface area contributed by atoms with Gasteiger partial charge in [-0.05, 0) is 69.8 Å². The Labute approximate surface area is 166 Å². The maximum absolute atomic E-state index is 12.6. The Kier molecular flexibility index (Phi) is 7.58. The van der Waals surface area contributed by atoms with Gasteiger partial charge in [0.05, 0.1) is 19.8 Å². The minimum atomic E-state index is -0.343. The topological polar surface area (TPSA) is 67.9 Å². The average Bonchev–Trinajstić information content (AvgIpc) is 2.68. The molecule has 0 aliphatic heterocycles. The van der Waals surface area contributed by atoms with Crippen LogP contribution in [0.15, 0.2) is 42.5 Å². The van der Waals surface area contributed by atoms with Crippen molar-refractivity contribution in [1.29, 1.82) is 0 Å². The zero-order chi connectivity index (χ0) is 20.7. The van der Waals surface area contributed by atoms with Gasteiger partial charge in [-0.3, -0.25) is 14.5 Å². The predicted molar refractivity (Wildman–Crippen MR) is 110 cm³/mol. The number of hydrogen-bond donors (Lipinski definition) is 1. The molecule has 0 fully saturated rings. The quantitative estimate of drug-likeness (QED) is 0.667. The summed E-state index contributed by atoms with van der Waals surface area (Å²) in [5.41, 5.74) is 2.30. The van der Waals surface area contributed by atoms with E-state index in [4.69, 9.17) is 9.47 Å². The molecular formula is C22H28N2O4. The molecule has 0 spiro atoms. The van der Waals surface area contributed by atoms with Crippen LogP contribution in [0.4, 0.5) is 5.69 Å². The SMILES string of the molecule is CCOc1ccc(CN(C)[C@H](C)C(=O)Nc2ccc(C(C)=O)cc2)cc1OC. The number of carbonyl (C=O) groups is 2. The Hall–Kier alpha value is -2.86. The molecule has 0 radical (unpaired) electrons. The number of likely N-dealkylation sites (N-methyl/N-ethyl adjacent to an activating group) is 1. The first kappa shape index (κ1) is 21.4. The maximum atomic E-state index is 12.6. The van der Waals surface area contributed by atoms with Gasteiger partial charge in [-0.15, -0.1) is 0 Å². The first-order chi connectivity index (χ1) is 13.3. The van der Waals surface area contributed by atoms with Crippen molar-refractivity contribution in [1.82, 2.24) is 4.90 Å². The zero-order valence-electron chi connectivity index (χ0n) is 17.1. The van der Waals surface area contributed by atoms with Crippen molar-refractivity contribution >= 4 is 17.4 Å². The fourth-order valence-corrected chi connectivity index (χ4v) is 2.75. The minimum absolute atomic E-state index is 0.00300. The van der Waals surface area contributed by atoms with Crippen LogP contribution in [0.1, 0.15) is 36.7 Å². The Morgan fingerprint density at radius 1 is 1.11 bits per heavy atom. The Morgan fingerprint density at radius 2 is 1.79 bits per heavy atom. The third-order valence-corrected chi connectivity index (χ3v) is 4.56. The van der Waals surface area contributed by atoms with Gasteiger partial charge in [-0.25, -0.2) is 0 Å². The number of Topliss-reactive ketones (excluding diaryl/α,β-unsaturated/α-hetero) is 1. The number of ether oxygens (including phenoxy) is 2. The summed E-state index contributed by atoms with van der Waals surface area (Å²) < 4.78 is 10.9. The molecule has 0 heterocycles. The van der Waals surface area contributed by atoms with Gasteiger partial charge >= 0.3 is 0 Å². The largest absolute Gasteiger partial charge is 0.493 e. The van der Waals surface area contributed by atoms with Crippen LogP contribution in [-0.2, 0) is 11.3 Å². The fraction of sp³-hybridized carbons (Fsp3) is 0.364. The number of amides is 1. The van der Waals surface area contributed by atoms with E-state index in [9.17, 15) is 9.59 Å². The van der Waals surface area contributed by atoms with Crippen molar-refractivity contribution in [3.05, 3.63) is 53.6 Å². The van der Waals surface area contributed by atoms with E-state index in [0.717, 1.165) is 5.56 Å². The number of nitrogens with one attached hydrogen (secondary N) is 1. The third-order valence-electron chi connectivity index (χ3n) is 4.56. The van der Waals surface area contributed by atoms with Crippen molar-refractivity contribution in [3.63, 3.8) is 0 Å². The summed E-state index contributed by atoms with van der Waals surface area (Å²) in [6.45, 7) is 6.45. The molecule has 2 aromatic carbocycles.